The van der Waals surface area contributed by atoms with Crippen molar-refractivity contribution in [2.24, 2.45) is 0 Å². The van der Waals surface area contributed by atoms with Crippen molar-refractivity contribution in [1.29, 1.82) is 0 Å². The normalized spacial score (nSPS) is 23.7. The molecule has 0 saturated carbocycles. The van der Waals surface area contributed by atoms with E-state index < -0.39 is 9.84 Å². The first-order valence-corrected chi connectivity index (χ1v) is 6.20. The zero-order valence-corrected chi connectivity index (χ0v) is 8.93. The topological polar surface area (TPSA) is 43.4 Å². The summed E-state index contributed by atoms with van der Waals surface area (Å²) in [4.78, 5) is 0. The number of sulfone groups is 1. The van der Waals surface area contributed by atoms with Gasteiger partial charge < -0.3 is 4.74 Å². The summed E-state index contributed by atoms with van der Waals surface area (Å²) in [7, 11) is -2.63. The van der Waals surface area contributed by atoms with Crippen molar-refractivity contribution in [2.45, 2.75) is 31.9 Å². The number of hydrogen-bond donors (Lipinski definition) is 0. The van der Waals surface area contributed by atoms with E-state index in [-0.39, 0.29) is 5.25 Å². The second-order valence-electron chi connectivity index (χ2n) is 3.66. The molecule has 3 nitrogen and oxygen atoms in total. The quantitative estimate of drug-likeness (QED) is 0.387. The molecule has 0 N–H and O–H groups in total. The molecule has 1 aliphatic heterocycles. The predicted molar refractivity (Wildman–Crippen MR) is 52.2 cm³/mol. The second kappa shape index (κ2) is 4.13. The zero-order valence-electron chi connectivity index (χ0n) is 8.12. The van der Waals surface area contributed by atoms with Crippen LogP contribution in [0.4, 0.5) is 0 Å². The first-order valence-electron chi connectivity index (χ1n) is 4.49. The van der Waals surface area contributed by atoms with Crippen LogP contribution in [0.25, 0.3) is 0 Å². The van der Waals surface area contributed by atoms with E-state index >= 15 is 0 Å². The van der Waals surface area contributed by atoms with Crippen molar-refractivity contribution < 1.29 is 13.2 Å². The molecule has 1 atom stereocenters. The van der Waals surface area contributed by atoms with Gasteiger partial charge in [0.15, 0.2) is 9.84 Å². The monoisotopic (exact) mass is 204 g/mol. The molecule has 1 aliphatic rings. The van der Waals surface area contributed by atoms with Crippen LogP contribution in [0, 0.1) is 0 Å². The van der Waals surface area contributed by atoms with Crippen molar-refractivity contribution >= 4 is 9.84 Å². The first-order chi connectivity index (χ1) is 6.02. The summed E-state index contributed by atoms with van der Waals surface area (Å²) in [6.45, 7) is 4.55. The SMILES string of the molecule is CC(C)=COCCCC1CS1(=O)=O. The van der Waals surface area contributed by atoms with E-state index in [0.717, 1.165) is 18.4 Å². The van der Waals surface area contributed by atoms with Crippen LogP contribution >= 0.6 is 0 Å². The summed E-state index contributed by atoms with van der Waals surface area (Å²) in [5, 5.41) is -0.0668. The minimum absolute atomic E-state index is 0.0668. The summed E-state index contributed by atoms with van der Waals surface area (Å²) in [5.41, 5.74) is 1.12. The molecule has 0 aliphatic carbocycles. The van der Waals surface area contributed by atoms with Gasteiger partial charge >= 0.3 is 0 Å². The van der Waals surface area contributed by atoms with Gasteiger partial charge in [-0.15, -0.1) is 0 Å². The van der Waals surface area contributed by atoms with Gasteiger partial charge in [0.1, 0.15) is 0 Å². The van der Waals surface area contributed by atoms with Crippen LogP contribution in [-0.4, -0.2) is 26.0 Å². The number of ether oxygens (including phenoxy) is 1. The molecular weight excluding hydrogens is 188 g/mol. The number of allylic oxidation sites excluding steroid dienone is 1. The second-order valence-corrected chi connectivity index (χ2v) is 5.99. The standard InChI is InChI=1S/C9H16O3S/c1-8(2)6-12-5-3-4-9-7-13(9,10)11/h6,9H,3-5,7H2,1-2H3. The molecular formula is C9H16O3S. The molecule has 76 valence electrons. The van der Waals surface area contributed by atoms with Gasteiger partial charge in [0.25, 0.3) is 0 Å². The van der Waals surface area contributed by atoms with Crippen molar-refractivity contribution in [2.75, 3.05) is 12.4 Å². The van der Waals surface area contributed by atoms with Gasteiger partial charge in [0.05, 0.1) is 23.9 Å². The highest BCUT2D eigenvalue weighted by atomic mass is 32.2. The smallest absolute Gasteiger partial charge is 0.155 e. The van der Waals surface area contributed by atoms with Gasteiger partial charge in [-0.3, -0.25) is 0 Å². The van der Waals surface area contributed by atoms with Gasteiger partial charge in [0.2, 0.25) is 0 Å². The Bertz CT molecular complexity index is 286. The van der Waals surface area contributed by atoms with Gasteiger partial charge in [-0.2, -0.15) is 0 Å². The molecule has 13 heavy (non-hydrogen) atoms. The van der Waals surface area contributed by atoms with E-state index in [2.05, 4.69) is 0 Å². The summed E-state index contributed by atoms with van der Waals surface area (Å²) < 4.78 is 26.8. The Balaban J connectivity index is 2.00. The average molecular weight is 204 g/mol. The lowest BCUT2D eigenvalue weighted by molar-refractivity contribution is 0.240. The average Bonchev–Trinajstić information content (AvgIpc) is 2.58. The molecule has 0 aromatic heterocycles. The fraction of sp³-hybridized carbons (Fsp3) is 0.778. The highest BCUT2D eigenvalue weighted by Gasteiger charge is 2.42. The molecule has 0 radical (unpaired) electrons. The molecule has 0 aromatic rings. The third-order valence-electron chi connectivity index (χ3n) is 1.92. The molecule has 1 saturated heterocycles. The molecule has 1 fully saturated rings. The van der Waals surface area contributed by atoms with E-state index in [1.807, 2.05) is 13.8 Å². The molecule has 1 heterocycles. The van der Waals surface area contributed by atoms with Crippen LogP contribution in [0.1, 0.15) is 26.7 Å². The summed E-state index contributed by atoms with van der Waals surface area (Å²) in [6, 6.07) is 0. The maximum atomic E-state index is 10.8. The lowest BCUT2D eigenvalue weighted by Gasteiger charge is -1.99. The van der Waals surface area contributed by atoms with E-state index in [1.165, 1.54) is 0 Å². The lowest BCUT2D eigenvalue weighted by Crippen LogP contribution is -1.94. The largest absolute Gasteiger partial charge is 0.501 e. The molecule has 0 bridgehead atoms. The van der Waals surface area contributed by atoms with Gasteiger partial charge in [-0.1, -0.05) is 0 Å². The molecule has 1 unspecified atom stereocenters. The van der Waals surface area contributed by atoms with Crippen LogP contribution in [0.15, 0.2) is 11.8 Å². The number of rotatable bonds is 5. The van der Waals surface area contributed by atoms with E-state index in [0.29, 0.717) is 12.4 Å². The van der Waals surface area contributed by atoms with Crippen molar-refractivity contribution in [3.05, 3.63) is 11.8 Å². The fourth-order valence-corrected chi connectivity index (χ4v) is 2.57. The van der Waals surface area contributed by atoms with E-state index in [1.54, 1.807) is 6.26 Å². The molecule has 1 rings (SSSR count). The third kappa shape index (κ3) is 3.81. The first kappa shape index (κ1) is 10.6. The number of hydrogen-bond acceptors (Lipinski definition) is 3. The molecule has 0 amide bonds. The van der Waals surface area contributed by atoms with Crippen molar-refractivity contribution in [3.63, 3.8) is 0 Å². The zero-order chi connectivity index (χ0) is 9.90. The highest BCUT2D eigenvalue weighted by molar-refractivity contribution is 7.99. The Labute approximate surface area is 79.7 Å². The Kier molecular flexibility index (Phi) is 3.36. The Morgan fingerprint density at radius 3 is 2.62 bits per heavy atom. The molecule has 0 spiro atoms. The lowest BCUT2D eigenvalue weighted by atomic mass is 10.3. The van der Waals surface area contributed by atoms with Gasteiger partial charge in [-0.25, -0.2) is 8.42 Å². The third-order valence-corrected chi connectivity index (χ3v) is 3.77. The van der Waals surface area contributed by atoms with Crippen LogP contribution in [0.2, 0.25) is 0 Å². The van der Waals surface area contributed by atoms with Gasteiger partial charge in [0, 0.05) is 0 Å². The van der Waals surface area contributed by atoms with Crippen LogP contribution in [0.5, 0.6) is 0 Å². The fourth-order valence-electron chi connectivity index (χ4n) is 1.10. The van der Waals surface area contributed by atoms with Gasteiger partial charge in [-0.05, 0) is 32.3 Å². The van der Waals surface area contributed by atoms with Crippen LogP contribution in [0.3, 0.4) is 0 Å². The van der Waals surface area contributed by atoms with E-state index in [9.17, 15) is 8.42 Å². The minimum Gasteiger partial charge on any atom is -0.501 e. The molecule has 0 aromatic carbocycles. The summed E-state index contributed by atoms with van der Waals surface area (Å²) in [5.74, 6) is 0.385. The summed E-state index contributed by atoms with van der Waals surface area (Å²) in [6.07, 6.45) is 3.29. The van der Waals surface area contributed by atoms with Crippen LogP contribution < -0.4 is 0 Å². The molecule has 4 heteroatoms. The predicted octanol–water partition coefficient (Wildman–Crippen LogP) is 1.50. The van der Waals surface area contributed by atoms with Crippen LogP contribution in [-0.2, 0) is 14.6 Å². The summed E-state index contributed by atoms with van der Waals surface area (Å²) >= 11 is 0. The van der Waals surface area contributed by atoms with Crippen molar-refractivity contribution in [1.82, 2.24) is 0 Å². The highest BCUT2D eigenvalue weighted by Crippen LogP contribution is 2.25. The van der Waals surface area contributed by atoms with Crippen molar-refractivity contribution in [3.8, 4) is 0 Å². The Morgan fingerprint density at radius 2 is 2.15 bits per heavy atom. The maximum Gasteiger partial charge on any atom is 0.155 e. The minimum atomic E-state index is -2.63. The maximum absolute atomic E-state index is 10.8. The Hall–Kier alpha value is -0.510. The Morgan fingerprint density at radius 1 is 1.54 bits per heavy atom. The van der Waals surface area contributed by atoms with E-state index in [4.69, 9.17) is 4.74 Å².